The maximum atomic E-state index is 5.78. The normalized spacial score (nSPS) is 11.3. The van der Waals surface area contributed by atoms with E-state index in [9.17, 15) is 0 Å². The van der Waals surface area contributed by atoms with Crippen molar-refractivity contribution in [2.45, 2.75) is 0 Å². The van der Waals surface area contributed by atoms with Crippen LogP contribution in [0.3, 0.4) is 0 Å². The van der Waals surface area contributed by atoms with Crippen LogP contribution in [0.4, 0.5) is 0 Å². The van der Waals surface area contributed by atoms with Crippen molar-refractivity contribution in [3.8, 4) is 0 Å². The Kier molecular flexibility index (Phi) is 2.39. The first kappa shape index (κ1) is 9.89. The van der Waals surface area contributed by atoms with Gasteiger partial charge in [-0.25, -0.2) is 0 Å². The van der Waals surface area contributed by atoms with Crippen molar-refractivity contribution in [1.29, 1.82) is 0 Å². The summed E-state index contributed by atoms with van der Waals surface area (Å²) in [5.74, 6) is 0. The lowest BCUT2D eigenvalue weighted by Crippen LogP contribution is -1.79. The molecule has 0 radical (unpaired) electrons. The highest BCUT2D eigenvalue weighted by molar-refractivity contribution is 14.1. The van der Waals surface area contributed by atoms with Crippen LogP contribution in [-0.4, -0.2) is 0 Å². The van der Waals surface area contributed by atoms with Crippen LogP contribution in [0.1, 0.15) is 0 Å². The van der Waals surface area contributed by atoms with Gasteiger partial charge in [0, 0.05) is 17.9 Å². The van der Waals surface area contributed by atoms with Crippen LogP contribution in [0.5, 0.6) is 0 Å². The Morgan fingerprint density at radius 1 is 0.867 bits per heavy atom. The molecule has 0 fully saturated rings. The molecular weight excluding hydrogens is 414 g/mol. The highest BCUT2D eigenvalue weighted by Crippen LogP contribution is 2.33. The number of benzene rings is 2. The zero-order chi connectivity index (χ0) is 10.4. The van der Waals surface area contributed by atoms with Gasteiger partial charge in [-0.1, -0.05) is 18.2 Å². The van der Waals surface area contributed by atoms with Gasteiger partial charge in [0.25, 0.3) is 0 Å². The summed E-state index contributed by atoms with van der Waals surface area (Å²) in [6, 6.07) is 12.3. The van der Waals surface area contributed by atoms with Crippen molar-refractivity contribution < 1.29 is 4.42 Å². The van der Waals surface area contributed by atoms with Gasteiger partial charge in [-0.05, 0) is 63.4 Å². The van der Waals surface area contributed by atoms with Crippen LogP contribution >= 0.6 is 45.2 Å². The molecular formula is C12H6I2O. The molecule has 0 aliphatic heterocycles. The summed E-state index contributed by atoms with van der Waals surface area (Å²) in [6.07, 6.45) is 0. The zero-order valence-corrected chi connectivity index (χ0v) is 11.9. The lowest BCUT2D eigenvalue weighted by atomic mass is 10.2. The summed E-state index contributed by atoms with van der Waals surface area (Å²) < 4.78 is 8.32. The summed E-state index contributed by atoms with van der Waals surface area (Å²) in [5.41, 5.74) is 1.94. The minimum absolute atomic E-state index is 0.965. The monoisotopic (exact) mass is 420 g/mol. The van der Waals surface area contributed by atoms with Gasteiger partial charge in [0.2, 0.25) is 0 Å². The van der Waals surface area contributed by atoms with E-state index >= 15 is 0 Å². The quantitative estimate of drug-likeness (QED) is 0.477. The summed E-state index contributed by atoms with van der Waals surface area (Å²) in [6.45, 7) is 0. The van der Waals surface area contributed by atoms with Gasteiger partial charge in [0.05, 0.1) is 0 Å². The van der Waals surface area contributed by atoms with Gasteiger partial charge < -0.3 is 4.42 Å². The molecule has 3 rings (SSSR count). The number of halogens is 2. The second-order valence-corrected chi connectivity index (χ2v) is 5.57. The van der Waals surface area contributed by atoms with Gasteiger partial charge in [-0.15, -0.1) is 0 Å². The number of furan rings is 1. The predicted molar refractivity (Wildman–Crippen MR) is 79.2 cm³/mol. The maximum absolute atomic E-state index is 5.78. The zero-order valence-electron chi connectivity index (χ0n) is 7.63. The summed E-state index contributed by atoms with van der Waals surface area (Å²) in [4.78, 5) is 0. The summed E-state index contributed by atoms with van der Waals surface area (Å²) in [5, 5.41) is 2.44. The average molecular weight is 420 g/mol. The van der Waals surface area contributed by atoms with Crippen molar-refractivity contribution in [3.05, 3.63) is 43.5 Å². The molecule has 3 aromatic rings. The first-order valence-corrected chi connectivity index (χ1v) is 6.68. The minimum Gasteiger partial charge on any atom is -0.456 e. The molecule has 3 heteroatoms. The molecule has 0 saturated carbocycles. The lowest BCUT2D eigenvalue weighted by molar-refractivity contribution is 0.669. The van der Waals surface area contributed by atoms with Gasteiger partial charge in [-0.3, -0.25) is 0 Å². The van der Waals surface area contributed by atoms with Crippen LogP contribution in [-0.2, 0) is 0 Å². The van der Waals surface area contributed by atoms with Crippen molar-refractivity contribution in [1.82, 2.24) is 0 Å². The molecule has 0 unspecified atom stereocenters. The molecule has 74 valence electrons. The Bertz CT molecular complexity index is 655. The molecule has 15 heavy (non-hydrogen) atoms. The SMILES string of the molecule is Ic1ccc2oc3ccccc3c2c1I. The Hall–Kier alpha value is -0.300. The van der Waals surface area contributed by atoms with E-state index < -0.39 is 0 Å². The van der Waals surface area contributed by atoms with Crippen LogP contribution in [0.25, 0.3) is 21.9 Å². The highest BCUT2D eigenvalue weighted by Gasteiger charge is 2.10. The minimum atomic E-state index is 0.965. The Morgan fingerprint density at radius 3 is 2.53 bits per heavy atom. The van der Waals surface area contributed by atoms with Gasteiger partial charge >= 0.3 is 0 Å². The largest absolute Gasteiger partial charge is 0.456 e. The number of rotatable bonds is 0. The second-order valence-electron chi connectivity index (χ2n) is 3.33. The second kappa shape index (κ2) is 3.62. The smallest absolute Gasteiger partial charge is 0.136 e. The Morgan fingerprint density at radius 2 is 1.67 bits per heavy atom. The lowest BCUT2D eigenvalue weighted by Gasteiger charge is -1.96. The topological polar surface area (TPSA) is 13.1 Å². The van der Waals surface area contributed by atoms with E-state index in [1.807, 2.05) is 24.3 Å². The first-order chi connectivity index (χ1) is 7.27. The van der Waals surface area contributed by atoms with E-state index in [0.717, 1.165) is 11.2 Å². The molecule has 0 N–H and O–H groups in total. The van der Waals surface area contributed by atoms with Crippen molar-refractivity contribution in [2.75, 3.05) is 0 Å². The third-order valence-electron chi connectivity index (χ3n) is 2.43. The van der Waals surface area contributed by atoms with E-state index in [-0.39, 0.29) is 0 Å². The number of fused-ring (bicyclic) bond motifs is 3. The van der Waals surface area contributed by atoms with Crippen LogP contribution in [0, 0.1) is 7.14 Å². The van der Waals surface area contributed by atoms with Gasteiger partial charge in [-0.2, -0.15) is 0 Å². The van der Waals surface area contributed by atoms with Gasteiger partial charge in [0.15, 0.2) is 0 Å². The number of hydrogen-bond donors (Lipinski definition) is 0. The maximum Gasteiger partial charge on any atom is 0.136 e. The predicted octanol–water partition coefficient (Wildman–Crippen LogP) is 4.80. The molecule has 0 amide bonds. The van der Waals surface area contributed by atoms with Crippen LogP contribution in [0.15, 0.2) is 40.8 Å². The van der Waals surface area contributed by atoms with E-state index in [1.54, 1.807) is 0 Å². The van der Waals surface area contributed by atoms with Crippen LogP contribution < -0.4 is 0 Å². The Balaban J connectivity index is 2.63. The molecule has 0 aliphatic rings. The molecule has 0 atom stereocenters. The van der Waals surface area contributed by atoms with Crippen molar-refractivity contribution in [3.63, 3.8) is 0 Å². The molecule has 0 saturated heterocycles. The van der Waals surface area contributed by atoms with Crippen molar-refractivity contribution in [2.24, 2.45) is 0 Å². The molecule has 1 heterocycles. The highest BCUT2D eigenvalue weighted by atomic mass is 127. The van der Waals surface area contributed by atoms with E-state index in [1.165, 1.54) is 17.9 Å². The Labute approximate surface area is 114 Å². The third-order valence-corrected chi connectivity index (χ3v) is 5.48. The molecule has 0 spiro atoms. The van der Waals surface area contributed by atoms with E-state index in [2.05, 4.69) is 57.3 Å². The average Bonchev–Trinajstić information content (AvgIpc) is 2.62. The molecule has 0 aliphatic carbocycles. The molecule has 1 aromatic heterocycles. The third kappa shape index (κ3) is 1.47. The van der Waals surface area contributed by atoms with Crippen molar-refractivity contribution >= 4 is 67.1 Å². The van der Waals surface area contributed by atoms with E-state index in [4.69, 9.17) is 4.42 Å². The molecule has 0 bridgehead atoms. The first-order valence-electron chi connectivity index (χ1n) is 4.52. The van der Waals surface area contributed by atoms with Crippen LogP contribution in [0.2, 0.25) is 0 Å². The molecule has 1 nitrogen and oxygen atoms in total. The van der Waals surface area contributed by atoms with E-state index in [0.29, 0.717) is 0 Å². The fourth-order valence-electron chi connectivity index (χ4n) is 1.75. The van der Waals surface area contributed by atoms with Gasteiger partial charge in [0.1, 0.15) is 11.2 Å². The fraction of sp³-hybridized carbons (Fsp3) is 0. The summed E-state index contributed by atoms with van der Waals surface area (Å²) in [7, 11) is 0. The molecule has 2 aromatic carbocycles. The number of para-hydroxylation sites is 1. The summed E-state index contributed by atoms with van der Waals surface area (Å²) >= 11 is 4.73. The standard InChI is InChI=1S/C12H6I2O/c13-8-5-6-10-11(12(8)14)7-3-1-2-4-9(7)15-10/h1-6H. The fourth-order valence-corrected chi connectivity index (χ4v) is 2.94. The number of hydrogen-bond acceptors (Lipinski definition) is 1.